The number of nitrogens with one attached hydrogen (secondary N) is 1. The molecular formula is C16H15N7O3Se. The van der Waals surface area contributed by atoms with Crippen LogP contribution < -0.4 is 16.6 Å². The van der Waals surface area contributed by atoms with Crippen molar-refractivity contribution in [1.82, 2.24) is 33.3 Å². The van der Waals surface area contributed by atoms with E-state index in [9.17, 15) is 14.4 Å². The minimum absolute atomic E-state index is 0.0129. The molecule has 4 rings (SSSR count). The summed E-state index contributed by atoms with van der Waals surface area (Å²) in [5.41, 5.74) is 0.792. The van der Waals surface area contributed by atoms with Gasteiger partial charge in [-0.15, -0.1) is 0 Å². The molecule has 0 radical (unpaired) electrons. The summed E-state index contributed by atoms with van der Waals surface area (Å²) >= 11 is -0.0953. The predicted octanol–water partition coefficient (Wildman–Crippen LogP) is -1.07. The van der Waals surface area contributed by atoms with Crippen LogP contribution in [0, 0.1) is 6.92 Å². The van der Waals surface area contributed by atoms with Gasteiger partial charge < -0.3 is 0 Å². The summed E-state index contributed by atoms with van der Waals surface area (Å²) in [5, 5.41) is 11.0. The number of aromatic nitrogens is 6. The number of imidazole rings is 1. The van der Waals surface area contributed by atoms with Crippen molar-refractivity contribution in [3.8, 4) is 0 Å². The molecule has 0 bridgehead atoms. The van der Waals surface area contributed by atoms with Gasteiger partial charge in [0.05, 0.1) is 0 Å². The van der Waals surface area contributed by atoms with Crippen LogP contribution in [0.25, 0.3) is 15.3 Å². The van der Waals surface area contributed by atoms with Crippen molar-refractivity contribution in [2.45, 2.75) is 13.5 Å². The van der Waals surface area contributed by atoms with Crippen molar-refractivity contribution in [3.05, 3.63) is 56.6 Å². The van der Waals surface area contributed by atoms with E-state index in [1.807, 2.05) is 25.1 Å². The number of nitrogens with zero attached hydrogens (tertiary/aromatic N) is 6. The summed E-state index contributed by atoms with van der Waals surface area (Å²) in [6, 6.07) is 5.80. The third kappa shape index (κ3) is 3.00. The Kier molecular flexibility index (Phi) is 4.25. The quantitative estimate of drug-likeness (QED) is 0.411. The summed E-state index contributed by atoms with van der Waals surface area (Å²) in [7, 11) is 1.46. The Hall–Kier alpha value is -3.04. The average molecular weight is 432 g/mol. The molecule has 3 heterocycles. The molecule has 0 aliphatic heterocycles. The maximum atomic E-state index is 12.4. The van der Waals surface area contributed by atoms with E-state index in [4.69, 9.17) is 0 Å². The van der Waals surface area contributed by atoms with Crippen LogP contribution in [-0.2, 0) is 13.6 Å². The van der Waals surface area contributed by atoms with Gasteiger partial charge in [0.2, 0.25) is 0 Å². The molecule has 0 aliphatic carbocycles. The van der Waals surface area contributed by atoms with E-state index in [0.717, 1.165) is 24.3 Å². The SMILES string of the molecule is Cc1ccc2c(=O)n(CCNC(=O)c3ncn4c(=O)n(C)nnc34)[se]c2c1. The Labute approximate surface area is 158 Å². The molecule has 27 heavy (non-hydrogen) atoms. The first-order valence-electron chi connectivity index (χ1n) is 8.11. The first-order chi connectivity index (χ1) is 13.0. The van der Waals surface area contributed by atoms with Gasteiger partial charge in [0.15, 0.2) is 0 Å². The van der Waals surface area contributed by atoms with E-state index in [0.29, 0.717) is 6.54 Å². The second kappa shape index (κ2) is 6.60. The van der Waals surface area contributed by atoms with Gasteiger partial charge in [-0.3, -0.25) is 0 Å². The molecule has 0 saturated carbocycles. The van der Waals surface area contributed by atoms with Gasteiger partial charge in [0.25, 0.3) is 0 Å². The fourth-order valence-corrected chi connectivity index (χ4v) is 5.01. The molecule has 0 fully saturated rings. The number of hydrogen-bond acceptors (Lipinski definition) is 6. The Bertz CT molecular complexity index is 1300. The number of fused-ring (bicyclic) bond motifs is 2. The Balaban J connectivity index is 1.51. The number of carbonyl (C=O) groups is 1. The molecule has 3 aromatic heterocycles. The van der Waals surface area contributed by atoms with E-state index in [2.05, 4.69) is 20.6 Å². The summed E-state index contributed by atoms with van der Waals surface area (Å²) in [5.74, 6) is -0.465. The van der Waals surface area contributed by atoms with Crippen LogP contribution in [0.5, 0.6) is 0 Å². The zero-order valence-corrected chi connectivity index (χ0v) is 16.3. The number of benzene rings is 1. The number of carbonyl (C=O) groups excluding carboxylic acids is 1. The number of aryl methyl sites for hydroxylation is 2. The minimum atomic E-state index is -0.465. The molecule has 4 aromatic rings. The first kappa shape index (κ1) is 17.4. The van der Waals surface area contributed by atoms with Gasteiger partial charge in [-0.25, -0.2) is 0 Å². The van der Waals surface area contributed by atoms with E-state index < -0.39 is 11.6 Å². The number of amides is 1. The fourth-order valence-electron chi connectivity index (χ4n) is 2.72. The van der Waals surface area contributed by atoms with Crippen molar-refractivity contribution >= 4 is 35.9 Å². The number of rotatable bonds is 4. The molecule has 0 spiro atoms. The van der Waals surface area contributed by atoms with Crippen LogP contribution in [-0.4, -0.2) is 55.1 Å². The third-order valence-electron chi connectivity index (χ3n) is 4.12. The van der Waals surface area contributed by atoms with Crippen molar-refractivity contribution < 1.29 is 4.79 Å². The molecule has 0 saturated heterocycles. The average Bonchev–Trinajstić information content (AvgIpc) is 3.20. The molecule has 1 N–H and O–H groups in total. The molecule has 11 heteroatoms. The molecule has 0 aliphatic rings. The second-order valence-corrected chi connectivity index (χ2v) is 8.27. The van der Waals surface area contributed by atoms with Crippen LogP contribution in [0.1, 0.15) is 16.1 Å². The number of hydrogen-bond donors (Lipinski definition) is 1. The van der Waals surface area contributed by atoms with Gasteiger partial charge in [-0.2, -0.15) is 0 Å². The van der Waals surface area contributed by atoms with Crippen molar-refractivity contribution in [1.29, 1.82) is 0 Å². The van der Waals surface area contributed by atoms with Crippen molar-refractivity contribution in [2.75, 3.05) is 6.54 Å². The summed E-state index contributed by atoms with van der Waals surface area (Å²) in [6.07, 6.45) is 1.24. The summed E-state index contributed by atoms with van der Waals surface area (Å²) in [6.45, 7) is 2.67. The van der Waals surface area contributed by atoms with Gasteiger partial charge in [-0.05, 0) is 0 Å². The molecular weight excluding hydrogens is 417 g/mol. The van der Waals surface area contributed by atoms with Crippen LogP contribution in [0.3, 0.4) is 0 Å². The molecule has 1 amide bonds. The molecule has 0 atom stereocenters. The standard InChI is InChI=1S/C16H15N7O3Se/c1-9-3-4-10-11(7-9)27-23(15(10)25)6-5-17-14(24)12-13-19-20-21(2)16(26)22(13)8-18-12/h3-4,7-8H,5-6H2,1-2H3,(H,17,24). The van der Waals surface area contributed by atoms with E-state index in [-0.39, 0.29) is 38.2 Å². The fraction of sp³-hybridized carbons (Fsp3) is 0.250. The van der Waals surface area contributed by atoms with Crippen LogP contribution in [0.15, 0.2) is 34.1 Å². The second-order valence-electron chi connectivity index (χ2n) is 6.04. The summed E-state index contributed by atoms with van der Waals surface area (Å²) in [4.78, 5) is 40.7. The molecule has 0 unspecified atom stereocenters. The monoisotopic (exact) mass is 433 g/mol. The van der Waals surface area contributed by atoms with E-state index in [1.54, 1.807) is 3.56 Å². The topological polar surface area (TPSA) is 116 Å². The third-order valence-corrected chi connectivity index (χ3v) is 6.43. The van der Waals surface area contributed by atoms with E-state index >= 15 is 0 Å². The first-order valence-corrected chi connectivity index (χ1v) is 9.73. The zero-order chi connectivity index (χ0) is 19.1. The van der Waals surface area contributed by atoms with Gasteiger partial charge >= 0.3 is 158 Å². The van der Waals surface area contributed by atoms with Crippen molar-refractivity contribution in [2.24, 2.45) is 7.05 Å². The molecule has 10 nitrogen and oxygen atoms in total. The van der Waals surface area contributed by atoms with E-state index in [1.165, 1.54) is 13.4 Å². The van der Waals surface area contributed by atoms with Crippen LogP contribution in [0.2, 0.25) is 0 Å². The van der Waals surface area contributed by atoms with Gasteiger partial charge in [0.1, 0.15) is 0 Å². The maximum absolute atomic E-state index is 12.4. The predicted molar refractivity (Wildman–Crippen MR) is 98.2 cm³/mol. The molecule has 138 valence electrons. The zero-order valence-electron chi connectivity index (χ0n) is 14.5. The Morgan fingerprint density at radius 1 is 1.30 bits per heavy atom. The van der Waals surface area contributed by atoms with Crippen molar-refractivity contribution in [3.63, 3.8) is 0 Å². The van der Waals surface area contributed by atoms with Crippen LogP contribution in [0.4, 0.5) is 0 Å². The van der Waals surface area contributed by atoms with Crippen LogP contribution >= 0.6 is 0 Å². The Morgan fingerprint density at radius 3 is 2.93 bits per heavy atom. The summed E-state index contributed by atoms with van der Waals surface area (Å²) < 4.78 is 5.02. The van der Waals surface area contributed by atoms with Gasteiger partial charge in [-0.1, -0.05) is 0 Å². The molecule has 1 aromatic carbocycles. The Morgan fingerprint density at radius 2 is 2.11 bits per heavy atom. The normalized spacial score (nSPS) is 11.3. The van der Waals surface area contributed by atoms with Gasteiger partial charge in [0, 0.05) is 0 Å².